The van der Waals surface area contributed by atoms with Gasteiger partial charge in [0.1, 0.15) is 5.69 Å². The number of carbonyl (C=O) groups excluding carboxylic acids is 1. The number of aryl methyl sites for hydroxylation is 1. The Labute approximate surface area is 216 Å². The number of benzene rings is 3. The van der Waals surface area contributed by atoms with Crippen LogP contribution in [0.2, 0.25) is 0 Å². The van der Waals surface area contributed by atoms with E-state index in [1.807, 2.05) is 47.4 Å². The van der Waals surface area contributed by atoms with Crippen LogP contribution in [0.15, 0.2) is 83.7 Å². The highest BCUT2D eigenvalue weighted by atomic mass is 16.2. The van der Waals surface area contributed by atoms with Crippen molar-refractivity contribution in [2.45, 2.75) is 38.8 Å². The minimum absolute atomic E-state index is 0.165. The van der Waals surface area contributed by atoms with Crippen LogP contribution in [0, 0.1) is 6.92 Å². The van der Waals surface area contributed by atoms with Gasteiger partial charge in [0, 0.05) is 42.5 Å². The molecular formula is C31H30N4O2. The summed E-state index contributed by atoms with van der Waals surface area (Å²) in [4.78, 5) is 37.2. The second-order valence-electron chi connectivity index (χ2n) is 10.0. The SMILES string of the molecule is Cc1nc(-c2ccc(CN3CCC(N4C(=O)Cc5ccccc54)CC3)cc2)c(-c2ccccc2)[nH]c1=O. The predicted octanol–water partition coefficient (Wildman–Crippen LogP) is 4.97. The zero-order chi connectivity index (χ0) is 25.4. The van der Waals surface area contributed by atoms with Gasteiger partial charge in [-0.05, 0) is 37.0 Å². The summed E-state index contributed by atoms with van der Waals surface area (Å²) in [5.74, 6) is 0.233. The largest absolute Gasteiger partial charge is 0.319 e. The highest BCUT2D eigenvalue weighted by Gasteiger charge is 2.34. The third kappa shape index (κ3) is 4.60. The molecule has 0 saturated carbocycles. The van der Waals surface area contributed by atoms with Crippen LogP contribution in [-0.2, 0) is 17.8 Å². The molecule has 0 radical (unpaired) electrons. The molecule has 3 aromatic carbocycles. The van der Waals surface area contributed by atoms with Crippen molar-refractivity contribution < 1.29 is 4.79 Å². The van der Waals surface area contributed by atoms with E-state index in [-0.39, 0.29) is 17.5 Å². The molecule has 1 fully saturated rings. The van der Waals surface area contributed by atoms with Crippen molar-refractivity contribution in [1.82, 2.24) is 14.9 Å². The van der Waals surface area contributed by atoms with E-state index in [1.165, 1.54) is 5.56 Å². The fourth-order valence-electron chi connectivity index (χ4n) is 5.60. The summed E-state index contributed by atoms with van der Waals surface area (Å²) < 4.78 is 0. The summed E-state index contributed by atoms with van der Waals surface area (Å²) >= 11 is 0. The van der Waals surface area contributed by atoms with Gasteiger partial charge in [-0.1, -0.05) is 72.8 Å². The van der Waals surface area contributed by atoms with E-state index in [9.17, 15) is 9.59 Å². The van der Waals surface area contributed by atoms with Crippen molar-refractivity contribution in [3.63, 3.8) is 0 Å². The number of fused-ring (bicyclic) bond motifs is 1. The molecule has 0 unspecified atom stereocenters. The number of para-hydroxylation sites is 1. The van der Waals surface area contributed by atoms with E-state index in [2.05, 4.69) is 51.3 Å². The normalized spacial score (nSPS) is 16.2. The maximum Gasteiger partial charge on any atom is 0.269 e. The van der Waals surface area contributed by atoms with Gasteiger partial charge in [0.05, 0.1) is 17.8 Å². The number of aromatic amines is 1. The average Bonchev–Trinajstić information content (AvgIpc) is 3.27. The number of nitrogens with zero attached hydrogens (tertiary/aromatic N) is 3. The Morgan fingerprint density at radius 3 is 2.32 bits per heavy atom. The molecule has 3 heterocycles. The molecule has 1 saturated heterocycles. The van der Waals surface area contributed by atoms with Crippen LogP contribution in [-0.4, -0.2) is 39.9 Å². The first-order valence-electron chi connectivity index (χ1n) is 12.9. The van der Waals surface area contributed by atoms with Crippen molar-refractivity contribution in [1.29, 1.82) is 0 Å². The third-order valence-corrected chi connectivity index (χ3v) is 7.56. The zero-order valence-electron chi connectivity index (χ0n) is 21.0. The van der Waals surface area contributed by atoms with E-state index in [0.29, 0.717) is 12.1 Å². The lowest BCUT2D eigenvalue weighted by Gasteiger charge is -2.37. The van der Waals surface area contributed by atoms with Crippen LogP contribution < -0.4 is 10.5 Å². The van der Waals surface area contributed by atoms with Crippen LogP contribution in [0.4, 0.5) is 5.69 Å². The monoisotopic (exact) mass is 490 g/mol. The Kier molecular flexibility index (Phi) is 6.18. The number of amides is 1. The number of piperidine rings is 1. The van der Waals surface area contributed by atoms with Crippen molar-refractivity contribution in [3.8, 4) is 22.5 Å². The van der Waals surface area contributed by atoms with Gasteiger partial charge in [0.25, 0.3) is 5.56 Å². The first-order valence-corrected chi connectivity index (χ1v) is 12.9. The van der Waals surface area contributed by atoms with Crippen molar-refractivity contribution >= 4 is 11.6 Å². The fourth-order valence-corrected chi connectivity index (χ4v) is 5.60. The highest BCUT2D eigenvalue weighted by molar-refractivity contribution is 6.01. The third-order valence-electron chi connectivity index (χ3n) is 7.56. The Morgan fingerprint density at radius 2 is 1.57 bits per heavy atom. The quantitative estimate of drug-likeness (QED) is 0.429. The number of anilines is 1. The second kappa shape index (κ2) is 9.79. The minimum Gasteiger partial charge on any atom is -0.319 e. The second-order valence-corrected chi connectivity index (χ2v) is 10.0. The highest BCUT2D eigenvalue weighted by Crippen LogP contribution is 2.34. The molecule has 37 heavy (non-hydrogen) atoms. The Morgan fingerprint density at radius 1 is 0.865 bits per heavy atom. The lowest BCUT2D eigenvalue weighted by Crippen LogP contribution is -2.46. The maximum absolute atomic E-state index is 12.7. The first-order chi connectivity index (χ1) is 18.1. The van der Waals surface area contributed by atoms with E-state index in [4.69, 9.17) is 0 Å². The van der Waals surface area contributed by atoms with E-state index in [0.717, 1.165) is 66.2 Å². The average molecular weight is 491 g/mol. The molecule has 2 aliphatic heterocycles. The van der Waals surface area contributed by atoms with E-state index in [1.54, 1.807) is 6.92 Å². The Balaban J connectivity index is 1.15. The molecule has 1 N–H and O–H groups in total. The molecule has 186 valence electrons. The molecule has 0 spiro atoms. The summed E-state index contributed by atoms with van der Waals surface area (Å²) in [7, 11) is 0. The lowest BCUT2D eigenvalue weighted by atomic mass is 10.0. The molecule has 0 aliphatic carbocycles. The number of hydrogen-bond acceptors (Lipinski definition) is 4. The smallest absolute Gasteiger partial charge is 0.269 e. The number of carbonyl (C=O) groups is 1. The number of H-pyrrole nitrogens is 1. The zero-order valence-corrected chi connectivity index (χ0v) is 21.0. The summed E-state index contributed by atoms with van der Waals surface area (Å²) in [6, 6.07) is 26.8. The summed E-state index contributed by atoms with van der Waals surface area (Å²) in [6.07, 6.45) is 2.50. The summed E-state index contributed by atoms with van der Waals surface area (Å²) in [6.45, 7) is 4.55. The molecule has 2 aliphatic rings. The van der Waals surface area contributed by atoms with Crippen molar-refractivity contribution in [3.05, 3.63) is 106 Å². The van der Waals surface area contributed by atoms with Gasteiger partial charge in [-0.3, -0.25) is 14.5 Å². The molecular weight excluding hydrogens is 460 g/mol. The van der Waals surface area contributed by atoms with Gasteiger partial charge in [0.2, 0.25) is 5.91 Å². The van der Waals surface area contributed by atoms with E-state index < -0.39 is 0 Å². The molecule has 0 bridgehead atoms. The van der Waals surface area contributed by atoms with Gasteiger partial charge in [-0.25, -0.2) is 4.98 Å². The summed E-state index contributed by atoms with van der Waals surface area (Å²) in [5.41, 5.74) is 7.23. The van der Waals surface area contributed by atoms with Gasteiger partial charge in [0.15, 0.2) is 0 Å². The molecule has 6 heteroatoms. The molecule has 1 aromatic heterocycles. The van der Waals surface area contributed by atoms with Crippen LogP contribution in [0.3, 0.4) is 0 Å². The van der Waals surface area contributed by atoms with Gasteiger partial charge in [-0.2, -0.15) is 0 Å². The number of rotatable bonds is 5. The number of aromatic nitrogens is 2. The lowest BCUT2D eigenvalue weighted by molar-refractivity contribution is -0.118. The fraction of sp³-hybridized carbons (Fsp3) is 0.258. The van der Waals surface area contributed by atoms with Gasteiger partial charge >= 0.3 is 0 Å². The maximum atomic E-state index is 12.7. The predicted molar refractivity (Wildman–Crippen MR) is 146 cm³/mol. The molecule has 4 aromatic rings. The molecule has 6 rings (SSSR count). The van der Waals surface area contributed by atoms with Crippen LogP contribution in [0.1, 0.15) is 29.7 Å². The van der Waals surface area contributed by atoms with Crippen molar-refractivity contribution in [2.75, 3.05) is 18.0 Å². The first kappa shape index (κ1) is 23.4. The Bertz CT molecular complexity index is 1490. The number of nitrogens with one attached hydrogen (secondary N) is 1. The van der Waals surface area contributed by atoms with Gasteiger partial charge < -0.3 is 9.88 Å². The van der Waals surface area contributed by atoms with Gasteiger partial charge in [-0.15, -0.1) is 0 Å². The minimum atomic E-state index is -0.165. The van der Waals surface area contributed by atoms with E-state index >= 15 is 0 Å². The van der Waals surface area contributed by atoms with Crippen LogP contribution >= 0.6 is 0 Å². The van der Waals surface area contributed by atoms with Crippen LogP contribution in [0.5, 0.6) is 0 Å². The molecule has 1 amide bonds. The Hall–Kier alpha value is -4.03. The standard InChI is InChI=1S/C31H30N4O2/c1-21-31(37)33-30(23-7-3-2-4-8-23)29(32-21)24-13-11-22(12-14-24)20-34-17-15-26(16-18-34)35-27-10-6-5-9-25(27)19-28(35)36/h2-14,26H,15-20H2,1H3,(H,33,37). The van der Waals surface area contributed by atoms with Crippen molar-refractivity contribution in [2.24, 2.45) is 0 Å². The summed E-state index contributed by atoms with van der Waals surface area (Å²) in [5, 5.41) is 0. The molecule has 6 nitrogen and oxygen atoms in total. The number of hydrogen-bond donors (Lipinski definition) is 1. The molecule has 0 atom stereocenters. The van der Waals surface area contributed by atoms with Crippen LogP contribution in [0.25, 0.3) is 22.5 Å². The topological polar surface area (TPSA) is 69.3 Å². The number of likely N-dealkylation sites (tertiary alicyclic amines) is 1.